The van der Waals surface area contributed by atoms with Crippen molar-refractivity contribution in [1.82, 2.24) is 0 Å². The van der Waals surface area contributed by atoms with Gasteiger partial charge in [0.25, 0.3) is 0 Å². The molecular weight excluding hydrogens is 452 g/mol. The number of terminal acetylenes is 2. The van der Waals surface area contributed by atoms with Crippen molar-refractivity contribution in [2.24, 2.45) is 11.8 Å². The van der Waals surface area contributed by atoms with Crippen LogP contribution in [0.5, 0.6) is 11.5 Å². The number of unbranched alkanes of at least 4 members (excludes halogenated alkanes) is 6. The fourth-order valence-electron chi connectivity index (χ4n) is 3.67. The summed E-state index contributed by atoms with van der Waals surface area (Å²) in [5.74, 6) is 28.9. The minimum absolute atomic E-state index is 0. The van der Waals surface area contributed by atoms with Gasteiger partial charge in [-0.2, -0.15) is 0 Å². The summed E-state index contributed by atoms with van der Waals surface area (Å²) >= 11 is 0. The third-order valence-electron chi connectivity index (χ3n) is 5.74. The molecule has 0 spiro atoms. The summed E-state index contributed by atoms with van der Waals surface area (Å²) in [6.45, 7) is 7.40. The normalized spacial score (nSPS) is 10.7. The average molecular weight is 525 g/mol. The SMILES string of the molecule is C#CC#CC#CC(CCCCCC)COc1ccc(C)cc1OCC(C#CC#CC#C)CCCCCC.[HH].[HH].[HH].[HH].[HH].[HH].[HH].[HH].[HH].[HH].[HH].[HH].[HH].[HH].[HH].[HH]. The Morgan fingerprint density at radius 3 is 1.68 bits per heavy atom. The fraction of sp³-hybridized carbons (Fsp3) is 0.486. The standard InChI is InChI=1S/C35H40O2.16H2/c1-6-10-14-18-22-32(23-19-15-11-7-2)29-36-34-27-26-31(5)28-35(34)37-30-33(24-20-16-12-8-3)25-21-17-13-9-4;;;;;;;;;;;;;;;;/h1,3,26-28,32-33H,7,9,11,13,15,17,19,21,23,25,29-30H2,2,4-5H3;16*1H. The van der Waals surface area contributed by atoms with Crippen molar-refractivity contribution in [2.45, 2.75) is 85.0 Å². The molecule has 0 aliphatic rings. The van der Waals surface area contributed by atoms with Gasteiger partial charge < -0.3 is 9.47 Å². The Balaban J connectivity index is -0.0000000611. The molecule has 2 heteroatoms. The number of benzene rings is 1. The Morgan fingerprint density at radius 1 is 0.676 bits per heavy atom. The third-order valence-corrected chi connectivity index (χ3v) is 5.74. The lowest BCUT2D eigenvalue weighted by Gasteiger charge is -2.18. The number of aryl methyl sites for hydroxylation is 1. The summed E-state index contributed by atoms with van der Waals surface area (Å²) in [4.78, 5) is 0. The van der Waals surface area contributed by atoms with E-state index in [0.717, 1.165) is 37.0 Å². The van der Waals surface area contributed by atoms with Crippen LogP contribution in [-0.4, -0.2) is 13.2 Å². The average Bonchev–Trinajstić information content (AvgIpc) is 2.90. The van der Waals surface area contributed by atoms with Crippen LogP contribution in [0.3, 0.4) is 0 Å². The van der Waals surface area contributed by atoms with Gasteiger partial charge in [0, 0.05) is 22.8 Å². The number of hydrogen-bond donors (Lipinski definition) is 0. The second-order valence-electron chi connectivity index (χ2n) is 8.99. The molecule has 1 rings (SSSR count). The van der Waals surface area contributed by atoms with E-state index >= 15 is 0 Å². The minimum Gasteiger partial charge on any atom is -0.488 e. The quantitative estimate of drug-likeness (QED) is 0.158. The molecule has 2 unspecified atom stereocenters. The molecule has 0 saturated carbocycles. The van der Waals surface area contributed by atoms with Gasteiger partial charge in [-0.3, -0.25) is 0 Å². The maximum Gasteiger partial charge on any atom is 0.161 e. The zero-order chi connectivity index (χ0) is 27.0. The predicted molar refractivity (Wildman–Crippen MR) is 189 cm³/mol. The van der Waals surface area contributed by atoms with Crippen molar-refractivity contribution in [3.8, 4) is 83.6 Å². The molecule has 1 aromatic carbocycles. The molecule has 0 fully saturated rings. The predicted octanol–water partition coefficient (Wildman–Crippen LogP) is 11.1. The van der Waals surface area contributed by atoms with Gasteiger partial charge in [0.15, 0.2) is 11.5 Å². The summed E-state index contributed by atoms with van der Waals surface area (Å²) < 4.78 is 12.5. The highest BCUT2D eigenvalue weighted by Crippen LogP contribution is 2.30. The van der Waals surface area contributed by atoms with Crippen LogP contribution < -0.4 is 9.47 Å². The third kappa shape index (κ3) is 15.7. The smallest absolute Gasteiger partial charge is 0.161 e. The zero-order valence-corrected chi connectivity index (χ0v) is 22.8. The van der Waals surface area contributed by atoms with Crippen molar-refractivity contribution >= 4 is 0 Å². The summed E-state index contributed by atoms with van der Waals surface area (Å²) in [5.41, 5.74) is 1.10. The van der Waals surface area contributed by atoms with Gasteiger partial charge in [-0.1, -0.05) is 83.1 Å². The first-order chi connectivity index (χ1) is 18.1. The molecular formula is C35H72O2. The molecule has 37 heavy (non-hydrogen) atoms. The first-order valence-corrected chi connectivity index (χ1v) is 13.4. The van der Waals surface area contributed by atoms with Crippen LogP contribution in [0.25, 0.3) is 0 Å². The lowest BCUT2D eigenvalue weighted by molar-refractivity contribution is 0.229. The Hall–Kier alpha value is -3.82. The lowest BCUT2D eigenvalue weighted by Crippen LogP contribution is -2.14. The van der Waals surface area contributed by atoms with Crippen LogP contribution in [0.15, 0.2) is 18.2 Å². The van der Waals surface area contributed by atoms with Gasteiger partial charge >= 0.3 is 0 Å². The van der Waals surface area contributed by atoms with Crippen molar-refractivity contribution in [2.75, 3.05) is 13.2 Å². The highest BCUT2D eigenvalue weighted by Gasteiger charge is 2.13. The van der Waals surface area contributed by atoms with Gasteiger partial charge in [-0.15, -0.1) is 12.8 Å². The van der Waals surface area contributed by atoms with Crippen LogP contribution >= 0.6 is 0 Å². The van der Waals surface area contributed by atoms with Crippen molar-refractivity contribution in [3.63, 3.8) is 0 Å². The Bertz CT molecular complexity index is 1180. The highest BCUT2D eigenvalue weighted by atomic mass is 16.5. The first kappa shape index (κ1) is 31.2. The molecule has 0 amide bonds. The Morgan fingerprint density at radius 2 is 1.19 bits per heavy atom. The molecule has 0 N–H and O–H groups in total. The fourth-order valence-corrected chi connectivity index (χ4v) is 3.67. The number of ether oxygens (including phenoxy) is 2. The van der Waals surface area contributed by atoms with Crippen molar-refractivity contribution in [1.29, 1.82) is 0 Å². The van der Waals surface area contributed by atoms with E-state index in [2.05, 4.69) is 73.1 Å². The van der Waals surface area contributed by atoms with Crippen molar-refractivity contribution < 1.29 is 32.3 Å². The number of hydrogen-bond acceptors (Lipinski definition) is 2. The summed E-state index contributed by atoms with van der Waals surface area (Å²) in [6, 6.07) is 6.00. The molecule has 1 aromatic rings. The van der Waals surface area contributed by atoms with Gasteiger partial charge in [-0.05, 0) is 84.8 Å². The van der Waals surface area contributed by atoms with Crippen molar-refractivity contribution in [3.05, 3.63) is 23.8 Å². The first-order valence-electron chi connectivity index (χ1n) is 13.4. The molecule has 0 saturated heterocycles. The summed E-state index contributed by atoms with van der Waals surface area (Å²) in [7, 11) is 0. The van der Waals surface area contributed by atoms with E-state index in [9.17, 15) is 0 Å². The topological polar surface area (TPSA) is 18.5 Å². The minimum atomic E-state index is 0. The molecule has 0 aliphatic heterocycles. The molecule has 2 atom stereocenters. The molecule has 0 radical (unpaired) electrons. The van der Waals surface area contributed by atoms with E-state index in [-0.39, 0.29) is 34.7 Å². The van der Waals surface area contributed by atoms with E-state index in [4.69, 9.17) is 22.3 Å². The maximum atomic E-state index is 6.26. The van der Waals surface area contributed by atoms with Gasteiger partial charge in [0.05, 0.1) is 11.8 Å². The zero-order valence-electron chi connectivity index (χ0n) is 22.8. The van der Waals surface area contributed by atoms with Crippen LogP contribution in [0.1, 0.15) is 106 Å². The molecule has 0 aromatic heterocycles. The van der Waals surface area contributed by atoms with Gasteiger partial charge in [-0.25, -0.2) is 0 Å². The van der Waals surface area contributed by atoms with E-state index in [1.54, 1.807) is 0 Å². The van der Waals surface area contributed by atoms with E-state index in [0.29, 0.717) is 19.0 Å². The van der Waals surface area contributed by atoms with Gasteiger partial charge in [0.1, 0.15) is 13.2 Å². The second kappa shape index (κ2) is 21.5. The Labute approximate surface area is 250 Å². The van der Waals surface area contributed by atoms with Crippen LogP contribution in [0.2, 0.25) is 0 Å². The van der Waals surface area contributed by atoms with Crippen LogP contribution in [0.4, 0.5) is 0 Å². The lowest BCUT2D eigenvalue weighted by atomic mass is 10.0. The van der Waals surface area contributed by atoms with Crippen LogP contribution in [-0.2, 0) is 0 Å². The monoisotopic (exact) mass is 525 g/mol. The van der Waals surface area contributed by atoms with E-state index < -0.39 is 0 Å². The summed E-state index contributed by atoms with van der Waals surface area (Å²) in [6.07, 6.45) is 21.8. The highest BCUT2D eigenvalue weighted by molar-refractivity contribution is 5.43. The summed E-state index contributed by atoms with van der Waals surface area (Å²) in [5, 5.41) is 0. The number of rotatable bonds is 16. The largest absolute Gasteiger partial charge is 0.488 e. The maximum absolute atomic E-state index is 6.26. The van der Waals surface area contributed by atoms with Gasteiger partial charge in [0.2, 0.25) is 0 Å². The van der Waals surface area contributed by atoms with Crippen LogP contribution in [0, 0.1) is 90.8 Å². The Kier molecular flexibility index (Phi) is 18.1. The van der Waals surface area contributed by atoms with E-state index in [1.807, 2.05) is 25.1 Å². The second-order valence-corrected chi connectivity index (χ2v) is 8.99. The van der Waals surface area contributed by atoms with E-state index in [1.165, 1.54) is 38.5 Å². The molecule has 224 valence electrons. The molecule has 0 heterocycles. The molecule has 2 nitrogen and oxygen atoms in total. The molecule has 0 aliphatic carbocycles. The molecule has 0 bridgehead atoms.